The summed E-state index contributed by atoms with van der Waals surface area (Å²) in [6.45, 7) is 5.28. The van der Waals surface area contributed by atoms with E-state index in [0.29, 0.717) is 12.3 Å². The molecule has 0 fully saturated rings. The minimum atomic E-state index is -0.377. The van der Waals surface area contributed by atoms with Gasteiger partial charge in [-0.1, -0.05) is 13.0 Å². The predicted molar refractivity (Wildman–Crippen MR) is 75.5 cm³/mol. The molecule has 0 aliphatic rings. The highest BCUT2D eigenvalue weighted by Gasteiger charge is 2.13. The van der Waals surface area contributed by atoms with Gasteiger partial charge in [0.15, 0.2) is 0 Å². The standard InChI is InChI=1S/C13H21N3O3/c1-4-15(7-8-19-3)10-11-5-6-13(16(17)18)12(9-11)14-2/h5-6,9,14H,4,7-8,10H2,1-3H3. The summed E-state index contributed by atoms with van der Waals surface area (Å²) in [4.78, 5) is 12.7. The van der Waals surface area contributed by atoms with Crippen molar-refractivity contribution in [3.63, 3.8) is 0 Å². The van der Waals surface area contributed by atoms with E-state index in [9.17, 15) is 10.1 Å². The molecule has 1 N–H and O–H groups in total. The van der Waals surface area contributed by atoms with Gasteiger partial charge in [-0.25, -0.2) is 0 Å². The van der Waals surface area contributed by atoms with Crippen molar-refractivity contribution in [1.82, 2.24) is 4.90 Å². The summed E-state index contributed by atoms with van der Waals surface area (Å²) < 4.78 is 5.06. The molecule has 0 saturated carbocycles. The van der Waals surface area contributed by atoms with Crippen LogP contribution in [-0.4, -0.2) is 43.7 Å². The molecule has 0 saturated heterocycles. The van der Waals surface area contributed by atoms with Crippen molar-refractivity contribution in [3.05, 3.63) is 33.9 Å². The van der Waals surface area contributed by atoms with Crippen molar-refractivity contribution in [2.24, 2.45) is 0 Å². The number of hydrogen-bond donors (Lipinski definition) is 1. The van der Waals surface area contributed by atoms with Gasteiger partial charge >= 0.3 is 0 Å². The Kier molecular flexibility index (Phi) is 6.24. The molecule has 0 amide bonds. The largest absolute Gasteiger partial charge is 0.383 e. The average Bonchev–Trinajstić information content (AvgIpc) is 2.42. The van der Waals surface area contributed by atoms with Gasteiger partial charge in [0.1, 0.15) is 5.69 Å². The number of nitro benzene ring substituents is 1. The molecule has 0 aliphatic heterocycles. The zero-order valence-corrected chi connectivity index (χ0v) is 11.7. The number of anilines is 1. The van der Waals surface area contributed by atoms with Crippen molar-refractivity contribution in [3.8, 4) is 0 Å². The topological polar surface area (TPSA) is 67.6 Å². The number of benzene rings is 1. The number of hydrogen-bond acceptors (Lipinski definition) is 5. The first-order valence-electron chi connectivity index (χ1n) is 6.28. The van der Waals surface area contributed by atoms with E-state index in [1.165, 1.54) is 0 Å². The number of methoxy groups -OCH3 is 1. The van der Waals surface area contributed by atoms with Crippen LogP contribution < -0.4 is 5.32 Å². The molecular weight excluding hydrogens is 246 g/mol. The summed E-state index contributed by atoms with van der Waals surface area (Å²) in [7, 11) is 3.37. The van der Waals surface area contributed by atoms with Gasteiger partial charge in [-0.2, -0.15) is 0 Å². The quantitative estimate of drug-likeness (QED) is 0.577. The Bertz CT molecular complexity index is 424. The Morgan fingerprint density at radius 1 is 1.47 bits per heavy atom. The molecule has 0 bridgehead atoms. The van der Waals surface area contributed by atoms with Gasteiger partial charge in [0, 0.05) is 33.3 Å². The van der Waals surface area contributed by atoms with Crippen molar-refractivity contribution < 1.29 is 9.66 Å². The van der Waals surface area contributed by atoms with Crippen LogP contribution in [0.25, 0.3) is 0 Å². The molecule has 106 valence electrons. The highest BCUT2D eigenvalue weighted by Crippen LogP contribution is 2.25. The average molecular weight is 267 g/mol. The lowest BCUT2D eigenvalue weighted by molar-refractivity contribution is -0.384. The fourth-order valence-electron chi connectivity index (χ4n) is 1.87. The summed E-state index contributed by atoms with van der Waals surface area (Å²) in [5, 5.41) is 13.7. The highest BCUT2D eigenvalue weighted by atomic mass is 16.6. The lowest BCUT2D eigenvalue weighted by atomic mass is 10.1. The zero-order valence-electron chi connectivity index (χ0n) is 11.7. The first kappa shape index (κ1) is 15.4. The number of rotatable bonds is 8. The molecule has 6 nitrogen and oxygen atoms in total. The van der Waals surface area contributed by atoms with Gasteiger partial charge in [-0.05, 0) is 18.2 Å². The zero-order chi connectivity index (χ0) is 14.3. The Labute approximate surface area is 113 Å². The molecule has 0 aliphatic carbocycles. The Morgan fingerprint density at radius 3 is 2.74 bits per heavy atom. The Morgan fingerprint density at radius 2 is 2.21 bits per heavy atom. The number of nitrogens with zero attached hydrogens (tertiary/aromatic N) is 2. The lowest BCUT2D eigenvalue weighted by Gasteiger charge is -2.20. The Balaban J connectivity index is 2.81. The van der Waals surface area contributed by atoms with Gasteiger partial charge < -0.3 is 10.1 Å². The predicted octanol–water partition coefficient (Wildman–Crippen LogP) is 2.10. The molecule has 19 heavy (non-hydrogen) atoms. The van der Waals surface area contributed by atoms with Crippen LogP contribution >= 0.6 is 0 Å². The van der Waals surface area contributed by atoms with Crippen molar-refractivity contribution in [1.29, 1.82) is 0 Å². The highest BCUT2D eigenvalue weighted by molar-refractivity contribution is 5.62. The summed E-state index contributed by atoms with van der Waals surface area (Å²) in [5.41, 5.74) is 1.70. The van der Waals surface area contributed by atoms with Crippen LogP contribution in [0.3, 0.4) is 0 Å². The minimum absolute atomic E-state index is 0.103. The maximum Gasteiger partial charge on any atom is 0.292 e. The van der Waals surface area contributed by atoms with Crippen LogP contribution in [0.4, 0.5) is 11.4 Å². The fraction of sp³-hybridized carbons (Fsp3) is 0.538. The van der Waals surface area contributed by atoms with Gasteiger partial charge in [-0.3, -0.25) is 15.0 Å². The summed E-state index contributed by atoms with van der Waals surface area (Å²) >= 11 is 0. The SMILES string of the molecule is CCN(CCOC)Cc1ccc([N+](=O)[O-])c(NC)c1. The molecule has 0 unspecified atom stereocenters. The molecule has 0 aromatic heterocycles. The first-order chi connectivity index (χ1) is 9.12. The second kappa shape index (κ2) is 7.70. The monoisotopic (exact) mass is 267 g/mol. The number of nitro groups is 1. The van der Waals surface area contributed by atoms with Gasteiger partial charge in [-0.15, -0.1) is 0 Å². The van der Waals surface area contributed by atoms with E-state index in [0.717, 1.165) is 25.2 Å². The maximum atomic E-state index is 10.9. The van der Waals surface area contributed by atoms with Gasteiger partial charge in [0.05, 0.1) is 11.5 Å². The number of nitrogens with one attached hydrogen (secondary N) is 1. The van der Waals surface area contributed by atoms with Crippen LogP contribution in [0.1, 0.15) is 12.5 Å². The number of likely N-dealkylation sites (N-methyl/N-ethyl adjacent to an activating group) is 1. The van der Waals surface area contributed by atoms with Crippen molar-refractivity contribution >= 4 is 11.4 Å². The summed E-state index contributed by atoms with van der Waals surface area (Å²) in [5.74, 6) is 0. The van der Waals surface area contributed by atoms with E-state index in [1.807, 2.05) is 6.07 Å². The van der Waals surface area contributed by atoms with Gasteiger partial charge in [0.2, 0.25) is 0 Å². The molecule has 0 heterocycles. The van der Waals surface area contributed by atoms with Crippen LogP contribution in [0.2, 0.25) is 0 Å². The van der Waals surface area contributed by atoms with E-state index in [1.54, 1.807) is 26.3 Å². The maximum absolute atomic E-state index is 10.9. The third kappa shape index (κ3) is 4.50. The first-order valence-corrected chi connectivity index (χ1v) is 6.28. The third-order valence-corrected chi connectivity index (χ3v) is 2.99. The van der Waals surface area contributed by atoms with Crippen LogP contribution in [0.5, 0.6) is 0 Å². The van der Waals surface area contributed by atoms with E-state index < -0.39 is 0 Å². The molecular formula is C13H21N3O3. The molecule has 1 rings (SSSR count). The van der Waals surface area contributed by atoms with E-state index in [-0.39, 0.29) is 10.6 Å². The molecule has 1 aromatic rings. The lowest BCUT2D eigenvalue weighted by Crippen LogP contribution is -2.26. The van der Waals surface area contributed by atoms with Crippen LogP contribution in [-0.2, 0) is 11.3 Å². The number of ether oxygens (including phenoxy) is 1. The van der Waals surface area contributed by atoms with Crippen LogP contribution in [0.15, 0.2) is 18.2 Å². The molecule has 0 spiro atoms. The van der Waals surface area contributed by atoms with E-state index in [4.69, 9.17) is 4.74 Å². The normalized spacial score (nSPS) is 10.7. The summed E-state index contributed by atoms with van der Waals surface area (Å²) in [6, 6.07) is 5.17. The Hall–Kier alpha value is -1.66. The molecule has 1 aromatic carbocycles. The van der Waals surface area contributed by atoms with Crippen molar-refractivity contribution in [2.75, 3.05) is 39.2 Å². The molecule has 0 radical (unpaired) electrons. The minimum Gasteiger partial charge on any atom is -0.383 e. The summed E-state index contributed by atoms with van der Waals surface area (Å²) in [6.07, 6.45) is 0. The second-order valence-electron chi connectivity index (χ2n) is 4.22. The smallest absolute Gasteiger partial charge is 0.292 e. The van der Waals surface area contributed by atoms with Crippen molar-refractivity contribution in [2.45, 2.75) is 13.5 Å². The van der Waals surface area contributed by atoms with E-state index in [2.05, 4.69) is 17.1 Å². The third-order valence-electron chi connectivity index (χ3n) is 2.99. The second-order valence-corrected chi connectivity index (χ2v) is 4.22. The van der Waals surface area contributed by atoms with Gasteiger partial charge in [0.25, 0.3) is 5.69 Å². The molecule has 0 atom stereocenters. The molecule has 6 heteroatoms. The van der Waals surface area contributed by atoms with E-state index >= 15 is 0 Å². The fourth-order valence-corrected chi connectivity index (χ4v) is 1.87. The van der Waals surface area contributed by atoms with Crippen LogP contribution in [0, 0.1) is 10.1 Å².